The van der Waals surface area contributed by atoms with Crippen LogP contribution in [0.4, 0.5) is 4.39 Å². The summed E-state index contributed by atoms with van der Waals surface area (Å²) < 4.78 is 18.4. The van der Waals surface area contributed by atoms with E-state index in [1.54, 1.807) is 31.0 Å². The normalized spacial score (nSPS) is 15.0. The van der Waals surface area contributed by atoms with Crippen molar-refractivity contribution in [3.63, 3.8) is 0 Å². The number of Topliss-reactive ketones (excluding diaryl/α,β-unsaturated/α-hetero) is 1. The number of rotatable bonds is 8. The maximum atomic E-state index is 13.1. The summed E-state index contributed by atoms with van der Waals surface area (Å²) in [5.74, 6) is 0.138. The quantitative estimate of drug-likeness (QED) is 0.509. The minimum absolute atomic E-state index is 0.0279. The van der Waals surface area contributed by atoms with Crippen molar-refractivity contribution in [1.29, 1.82) is 0 Å². The minimum Gasteiger partial charge on any atom is -0.496 e. The summed E-state index contributed by atoms with van der Waals surface area (Å²) in [5.41, 5.74) is 1.11. The van der Waals surface area contributed by atoms with Gasteiger partial charge in [0.1, 0.15) is 11.6 Å². The van der Waals surface area contributed by atoms with Gasteiger partial charge in [0, 0.05) is 29.5 Å². The highest BCUT2D eigenvalue weighted by molar-refractivity contribution is 7.98. The Kier molecular flexibility index (Phi) is 7.87. The molecular formula is C23H27FN2O3S. The highest BCUT2D eigenvalue weighted by atomic mass is 32.2. The van der Waals surface area contributed by atoms with Gasteiger partial charge in [-0.25, -0.2) is 4.39 Å². The first kappa shape index (κ1) is 22.3. The molecule has 0 aliphatic carbocycles. The summed E-state index contributed by atoms with van der Waals surface area (Å²) in [5, 5.41) is 2.97. The maximum Gasteiger partial charge on any atom is 0.255 e. The number of piperidine rings is 1. The van der Waals surface area contributed by atoms with Gasteiger partial charge in [0.15, 0.2) is 5.78 Å². The lowest BCUT2D eigenvalue weighted by molar-refractivity contribution is 0.0839. The van der Waals surface area contributed by atoms with Crippen molar-refractivity contribution in [2.75, 3.05) is 39.5 Å². The van der Waals surface area contributed by atoms with Crippen LogP contribution in [0.15, 0.2) is 47.4 Å². The van der Waals surface area contributed by atoms with Gasteiger partial charge in [-0.3, -0.25) is 9.59 Å². The van der Waals surface area contributed by atoms with Crippen molar-refractivity contribution in [3.8, 4) is 5.75 Å². The zero-order chi connectivity index (χ0) is 21.5. The standard InChI is InChI=1S/C23H27FN2O3S/c1-29-21-8-7-19(30-2)15-20(21)23(28)25-11-14-26-12-9-17(10-13-26)22(27)16-3-5-18(24)6-4-16/h3-8,15,17H,9-14H2,1-2H3,(H,25,28). The van der Waals surface area contributed by atoms with Crippen LogP contribution in [0.1, 0.15) is 33.6 Å². The number of thioether (sulfide) groups is 1. The molecule has 1 fully saturated rings. The molecule has 0 saturated carbocycles. The molecule has 1 amide bonds. The number of methoxy groups -OCH3 is 1. The van der Waals surface area contributed by atoms with E-state index in [0.29, 0.717) is 23.4 Å². The molecule has 0 spiro atoms. The van der Waals surface area contributed by atoms with Crippen LogP contribution in [0.2, 0.25) is 0 Å². The molecule has 0 atom stereocenters. The van der Waals surface area contributed by atoms with E-state index in [1.807, 2.05) is 24.5 Å². The predicted molar refractivity (Wildman–Crippen MR) is 117 cm³/mol. The summed E-state index contributed by atoms with van der Waals surface area (Å²) in [6, 6.07) is 11.3. The van der Waals surface area contributed by atoms with Crippen LogP contribution in [0, 0.1) is 11.7 Å². The Morgan fingerprint density at radius 1 is 1.17 bits per heavy atom. The molecular weight excluding hydrogens is 403 g/mol. The summed E-state index contributed by atoms with van der Waals surface area (Å²) >= 11 is 1.58. The van der Waals surface area contributed by atoms with Crippen LogP contribution in [0.3, 0.4) is 0 Å². The lowest BCUT2D eigenvalue weighted by Crippen LogP contribution is -2.41. The minimum atomic E-state index is -0.332. The molecule has 1 N–H and O–H groups in total. The number of carbonyl (C=O) groups is 2. The van der Waals surface area contributed by atoms with Crippen LogP contribution in [0.5, 0.6) is 5.75 Å². The molecule has 160 valence electrons. The van der Waals surface area contributed by atoms with E-state index in [0.717, 1.165) is 37.4 Å². The molecule has 5 nitrogen and oxygen atoms in total. The van der Waals surface area contributed by atoms with Crippen LogP contribution in [-0.4, -0.2) is 56.1 Å². The third-order valence-electron chi connectivity index (χ3n) is 5.45. The fourth-order valence-electron chi connectivity index (χ4n) is 3.68. The number of ether oxygens (including phenoxy) is 1. The smallest absolute Gasteiger partial charge is 0.255 e. The number of ketones is 1. The van der Waals surface area contributed by atoms with Crippen LogP contribution in [0.25, 0.3) is 0 Å². The molecule has 1 saturated heterocycles. The van der Waals surface area contributed by atoms with Crippen molar-refractivity contribution in [3.05, 3.63) is 59.4 Å². The number of amides is 1. The second kappa shape index (κ2) is 10.6. The van der Waals surface area contributed by atoms with Gasteiger partial charge in [0.05, 0.1) is 12.7 Å². The number of hydrogen-bond donors (Lipinski definition) is 1. The molecule has 0 aromatic heterocycles. The average Bonchev–Trinajstić information content (AvgIpc) is 2.79. The van der Waals surface area contributed by atoms with Crippen LogP contribution < -0.4 is 10.1 Å². The summed E-state index contributed by atoms with van der Waals surface area (Å²) in [6.45, 7) is 2.87. The van der Waals surface area contributed by atoms with E-state index in [1.165, 1.54) is 12.1 Å². The molecule has 1 heterocycles. The fraction of sp³-hybridized carbons (Fsp3) is 0.391. The number of hydrogen-bond acceptors (Lipinski definition) is 5. The Hall–Kier alpha value is -2.38. The molecule has 7 heteroatoms. The Labute approximate surface area is 181 Å². The topological polar surface area (TPSA) is 58.6 Å². The number of carbonyl (C=O) groups excluding carboxylic acids is 2. The first-order valence-electron chi connectivity index (χ1n) is 10.0. The average molecular weight is 431 g/mol. The molecule has 0 unspecified atom stereocenters. The van der Waals surface area contributed by atoms with E-state index in [-0.39, 0.29) is 23.4 Å². The summed E-state index contributed by atoms with van der Waals surface area (Å²) in [4.78, 5) is 28.4. The second-order valence-electron chi connectivity index (χ2n) is 7.31. The van der Waals surface area contributed by atoms with E-state index in [4.69, 9.17) is 4.74 Å². The Morgan fingerprint density at radius 2 is 1.87 bits per heavy atom. The summed E-state index contributed by atoms with van der Waals surface area (Å²) in [7, 11) is 1.56. The summed E-state index contributed by atoms with van der Waals surface area (Å²) in [6.07, 6.45) is 3.51. The van der Waals surface area contributed by atoms with Gasteiger partial charge in [-0.2, -0.15) is 0 Å². The van der Waals surface area contributed by atoms with Crippen molar-refractivity contribution in [1.82, 2.24) is 10.2 Å². The van der Waals surface area contributed by atoms with E-state index >= 15 is 0 Å². The maximum absolute atomic E-state index is 13.1. The number of benzene rings is 2. The molecule has 3 rings (SSSR count). The predicted octanol–water partition coefficient (Wildman–Crippen LogP) is 3.88. The van der Waals surface area contributed by atoms with Crippen LogP contribution in [-0.2, 0) is 0 Å². The van der Waals surface area contributed by atoms with E-state index in [9.17, 15) is 14.0 Å². The molecule has 1 aliphatic heterocycles. The van der Waals surface area contributed by atoms with Crippen molar-refractivity contribution >= 4 is 23.5 Å². The Morgan fingerprint density at radius 3 is 2.50 bits per heavy atom. The molecule has 0 radical (unpaired) electrons. The van der Waals surface area contributed by atoms with Gasteiger partial charge in [0.2, 0.25) is 0 Å². The molecule has 0 bridgehead atoms. The van der Waals surface area contributed by atoms with Gasteiger partial charge >= 0.3 is 0 Å². The Bertz CT molecular complexity index is 881. The number of likely N-dealkylation sites (tertiary alicyclic amines) is 1. The highest BCUT2D eigenvalue weighted by Gasteiger charge is 2.25. The van der Waals surface area contributed by atoms with Crippen molar-refractivity contribution in [2.45, 2.75) is 17.7 Å². The monoisotopic (exact) mass is 430 g/mol. The van der Waals surface area contributed by atoms with Gasteiger partial charge in [0.25, 0.3) is 5.91 Å². The third-order valence-corrected chi connectivity index (χ3v) is 6.18. The third kappa shape index (κ3) is 5.61. The first-order chi connectivity index (χ1) is 14.5. The van der Waals surface area contributed by atoms with E-state index in [2.05, 4.69) is 10.2 Å². The number of nitrogens with zero attached hydrogens (tertiary/aromatic N) is 1. The van der Waals surface area contributed by atoms with Gasteiger partial charge < -0.3 is 15.0 Å². The molecule has 2 aromatic rings. The Balaban J connectivity index is 1.45. The zero-order valence-corrected chi connectivity index (χ0v) is 18.1. The van der Waals surface area contributed by atoms with Gasteiger partial charge in [-0.1, -0.05) is 0 Å². The molecule has 2 aromatic carbocycles. The van der Waals surface area contributed by atoms with Gasteiger partial charge in [-0.15, -0.1) is 11.8 Å². The van der Waals surface area contributed by atoms with E-state index < -0.39 is 0 Å². The number of halogens is 1. The van der Waals surface area contributed by atoms with Crippen LogP contribution >= 0.6 is 11.8 Å². The lowest BCUT2D eigenvalue weighted by atomic mass is 9.89. The first-order valence-corrected chi connectivity index (χ1v) is 11.3. The second-order valence-corrected chi connectivity index (χ2v) is 8.19. The number of nitrogens with one attached hydrogen (secondary N) is 1. The largest absolute Gasteiger partial charge is 0.496 e. The van der Waals surface area contributed by atoms with Crippen molar-refractivity contribution < 1.29 is 18.7 Å². The van der Waals surface area contributed by atoms with Gasteiger partial charge in [-0.05, 0) is 74.7 Å². The SMILES string of the molecule is COc1ccc(SC)cc1C(=O)NCCN1CCC(C(=O)c2ccc(F)cc2)CC1. The highest BCUT2D eigenvalue weighted by Crippen LogP contribution is 2.25. The lowest BCUT2D eigenvalue weighted by Gasteiger charge is -2.31. The zero-order valence-electron chi connectivity index (χ0n) is 17.3. The fourth-order valence-corrected chi connectivity index (χ4v) is 4.12. The molecule has 1 aliphatic rings. The van der Waals surface area contributed by atoms with Crippen molar-refractivity contribution in [2.24, 2.45) is 5.92 Å². The molecule has 30 heavy (non-hydrogen) atoms.